The first-order valence-electron chi connectivity index (χ1n) is 8.93. The summed E-state index contributed by atoms with van der Waals surface area (Å²) in [7, 11) is 0. The predicted octanol–water partition coefficient (Wildman–Crippen LogP) is 5.23. The van der Waals surface area contributed by atoms with E-state index in [1.807, 2.05) is 69.3 Å². The zero-order chi connectivity index (χ0) is 19.8. The monoisotopic (exact) mass is 390 g/mol. The van der Waals surface area contributed by atoms with Crippen molar-refractivity contribution in [3.63, 3.8) is 0 Å². The van der Waals surface area contributed by atoms with Crippen LogP contribution in [0.25, 0.3) is 16.8 Å². The normalized spacial score (nSPS) is 11.0. The maximum atomic E-state index is 12.8. The number of rotatable bonds is 3. The van der Waals surface area contributed by atoms with Crippen molar-refractivity contribution in [1.29, 1.82) is 0 Å². The largest absolute Gasteiger partial charge is 0.322 e. The minimum Gasteiger partial charge on any atom is -0.322 e. The molecule has 0 fully saturated rings. The lowest BCUT2D eigenvalue weighted by atomic mass is 10.1. The van der Waals surface area contributed by atoms with Gasteiger partial charge in [-0.25, -0.2) is 9.50 Å². The van der Waals surface area contributed by atoms with E-state index >= 15 is 0 Å². The van der Waals surface area contributed by atoms with Crippen LogP contribution in [0.5, 0.6) is 0 Å². The Labute approximate surface area is 168 Å². The molecule has 0 saturated carbocycles. The summed E-state index contributed by atoms with van der Waals surface area (Å²) in [6.45, 7) is 5.79. The van der Waals surface area contributed by atoms with Gasteiger partial charge in [0.1, 0.15) is 0 Å². The van der Waals surface area contributed by atoms with Gasteiger partial charge in [0, 0.05) is 22.5 Å². The lowest BCUT2D eigenvalue weighted by Crippen LogP contribution is -2.16. The van der Waals surface area contributed by atoms with E-state index in [0.29, 0.717) is 16.2 Å². The summed E-state index contributed by atoms with van der Waals surface area (Å²) in [4.78, 5) is 17.3. The summed E-state index contributed by atoms with van der Waals surface area (Å²) >= 11 is 6.01. The fourth-order valence-electron chi connectivity index (χ4n) is 3.30. The molecule has 5 nitrogen and oxygen atoms in total. The molecule has 0 bridgehead atoms. The molecule has 4 rings (SSSR count). The standard InChI is InChI=1S/C22H19ClN4O/c1-13-5-4-6-18(11-13)25-22(28)19-12-24-21-20(14(2)26-27(21)15(19)3)16-7-9-17(23)10-8-16/h4-12H,1-3H3,(H,25,28). The Bertz CT molecular complexity index is 1200. The highest BCUT2D eigenvalue weighted by Gasteiger charge is 2.19. The van der Waals surface area contributed by atoms with Crippen molar-refractivity contribution >= 4 is 28.8 Å². The number of aryl methyl sites for hydroxylation is 3. The number of hydrogen-bond donors (Lipinski definition) is 1. The molecule has 0 aliphatic heterocycles. The van der Waals surface area contributed by atoms with Crippen molar-refractivity contribution in [1.82, 2.24) is 14.6 Å². The molecule has 2 aromatic heterocycles. The molecule has 0 aliphatic carbocycles. The van der Waals surface area contributed by atoms with Gasteiger partial charge in [0.25, 0.3) is 5.91 Å². The number of benzene rings is 2. The summed E-state index contributed by atoms with van der Waals surface area (Å²) < 4.78 is 1.73. The zero-order valence-corrected chi connectivity index (χ0v) is 16.6. The van der Waals surface area contributed by atoms with E-state index in [9.17, 15) is 4.79 Å². The van der Waals surface area contributed by atoms with Crippen LogP contribution >= 0.6 is 11.6 Å². The molecular weight excluding hydrogens is 372 g/mol. The number of amides is 1. The Balaban J connectivity index is 1.75. The van der Waals surface area contributed by atoms with Crippen LogP contribution in [-0.2, 0) is 0 Å². The number of nitrogens with one attached hydrogen (secondary N) is 1. The van der Waals surface area contributed by atoms with Crippen molar-refractivity contribution in [2.24, 2.45) is 0 Å². The van der Waals surface area contributed by atoms with E-state index in [1.54, 1.807) is 10.7 Å². The van der Waals surface area contributed by atoms with Gasteiger partial charge in [-0.2, -0.15) is 5.10 Å². The number of carbonyl (C=O) groups is 1. The van der Waals surface area contributed by atoms with Gasteiger partial charge in [0.05, 0.1) is 17.0 Å². The number of hydrogen-bond acceptors (Lipinski definition) is 3. The van der Waals surface area contributed by atoms with Crippen molar-refractivity contribution in [3.05, 3.63) is 82.3 Å². The van der Waals surface area contributed by atoms with Crippen molar-refractivity contribution in [2.45, 2.75) is 20.8 Å². The Morgan fingerprint density at radius 3 is 2.54 bits per heavy atom. The second kappa shape index (κ2) is 7.09. The van der Waals surface area contributed by atoms with E-state index in [4.69, 9.17) is 11.6 Å². The van der Waals surface area contributed by atoms with Gasteiger partial charge in [0.2, 0.25) is 0 Å². The Morgan fingerprint density at radius 2 is 1.82 bits per heavy atom. The molecule has 2 aromatic carbocycles. The minimum atomic E-state index is -0.210. The van der Waals surface area contributed by atoms with E-state index in [-0.39, 0.29) is 5.91 Å². The molecule has 4 aromatic rings. The minimum absolute atomic E-state index is 0.210. The first-order valence-corrected chi connectivity index (χ1v) is 9.31. The number of anilines is 1. The van der Waals surface area contributed by atoms with Gasteiger partial charge in [-0.3, -0.25) is 4.79 Å². The molecule has 6 heteroatoms. The molecule has 0 spiro atoms. The average molecular weight is 391 g/mol. The molecule has 0 unspecified atom stereocenters. The quantitative estimate of drug-likeness (QED) is 0.521. The van der Waals surface area contributed by atoms with Crippen LogP contribution in [-0.4, -0.2) is 20.5 Å². The van der Waals surface area contributed by atoms with Crippen molar-refractivity contribution in [2.75, 3.05) is 5.32 Å². The lowest BCUT2D eigenvalue weighted by molar-refractivity contribution is 0.102. The first-order chi connectivity index (χ1) is 13.4. The number of fused-ring (bicyclic) bond motifs is 1. The van der Waals surface area contributed by atoms with E-state index in [0.717, 1.165) is 33.8 Å². The van der Waals surface area contributed by atoms with Crippen molar-refractivity contribution < 1.29 is 4.79 Å². The summed E-state index contributed by atoms with van der Waals surface area (Å²) in [5, 5.41) is 8.22. The zero-order valence-electron chi connectivity index (χ0n) is 15.8. The van der Waals surface area contributed by atoms with Crippen LogP contribution in [0.2, 0.25) is 5.02 Å². The molecule has 0 radical (unpaired) electrons. The molecule has 28 heavy (non-hydrogen) atoms. The SMILES string of the molecule is Cc1cccc(NC(=O)c2cnc3c(-c4ccc(Cl)cc4)c(C)nn3c2C)c1. The van der Waals surface area contributed by atoms with Crippen LogP contribution < -0.4 is 5.32 Å². The maximum absolute atomic E-state index is 12.8. The number of halogens is 1. The lowest BCUT2D eigenvalue weighted by Gasteiger charge is -2.09. The number of nitrogens with zero attached hydrogens (tertiary/aromatic N) is 3. The number of aromatic nitrogens is 3. The van der Waals surface area contributed by atoms with Crippen molar-refractivity contribution in [3.8, 4) is 11.1 Å². The molecule has 0 saturated heterocycles. The third-order valence-electron chi connectivity index (χ3n) is 4.71. The second-order valence-corrected chi connectivity index (χ2v) is 7.22. The van der Waals surface area contributed by atoms with Crippen LogP contribution in [0, 0.1) is 20.8 Å². The maximum Gasteiger partial charge on any atom is 0.259 e. The average Bonchev–Trinajstić information content (AvgIpc) is 3.00. The third kappa shape index (κ3) is 3.25. The molecular formula is C22H19ClN4O. The predicted molar refractivity (Wildman–Crippen MR) is 112 cm³/mol. The highest BCUT2D eigenvalue weighted by atomic mass is 35.5. The third-order valence-corrected chi connectivity index (χ3v) is 4.96. The summed E-state index contributed by atoms with van der Waals surface area (Å²) in [5.41, 5.74) is 6.53. The molecule has 1 amide bonds. The second-order valence-electron chi connectivity index (χ2n) is 6.78. The molecule has 0 atom stereocenters. The van der Waals surface area contributed by atoms with Gasteiger partial charge in [0.15, 0.2) is 5.65 Å². The van der Waals surface area contributed by atoms with E-state index in [1.165, 1.54) is 0 Å². The van der Waals surface area contributed by atoms with E-state index in [2.05, 4.69) is 15.4 Å². The van der Waals surface area contributed by atoms with Gasteiger partial charge in [-0.1, -0.05) is 35.9 Å². The van der Waals surface area contributed by atoms with Gasteiger partial charge in [-0.15, -0.1) is 0 Å². The Hall–Kier alpha value is -3.18. The highest BCUT2D eigenvalue weighted by Crippen LogP contribution is 2.29. The topological polar surface area (TPSA) is 59.3 Å². The summed E-state index contributed by atoms with van der Waals surface area (Å²) in [6, 6.07) is 15.3. The van der Waals surface area contributed by atoms with Crippen LogP contribution in [0.4, 0.5) is 5.69 Å². The number of carbonyl (C=O) groups excluding carboxylic acids is 1. The van der Waals surface area contributed by atoms with Crippen LogP contribution in [0.3, 0.4) is 0 Å². The van der Waals surface area contributed by atoms with Gasteiger partial charge < -0.3 is 5.32 Å². The Morgan fingerprint density at radius 1 is 1.07 bits per heavy atom. The van der Waals surface area contributed by atoms with Crippen LogP contribution in [0.15, 0.2) is 54.7 Å². The molecule has 0 aliphatic rings. The molecule has 2 heterocycles. The highest BCUT2D eigenvalue weighted by molar-refractivity contribution is 6.30. The smallest absolute Gasteiger partial charge is 0.259 e. The first kappa shape index (κ1) is 18.2. The van der Waals surface area contributed by atoms with Gasteiger partial charge >= 0.3 is 0 Å². The van der Waals surface area contributed by atoms with Crippen LogP contribution in [0.1, 0.15) is 27.3 Å². The van der Waals surface area contributed by atoms with Gasteiger partial charge in [-0.05, 0) is 56.2 Å². The fraction of sp³-hybridized carbons (Fsp3) is 0.136. The molecule has 1 N–H and O–H groups in total. The Kier molecular flexibility index (Phi) is 4.61. The van der Waals surface area contributed by atoms with E-state index < -0.39 is 0 Å². The summed E-state index contributed by atoms with van der Waals surface area (Å²) in [5.74, 6) is -0.210. The summed E-state index contributed by atoms with van der Waals surface area (Å²) in [6.07, 6.45) is 1.61. The molecule has 140 valence electrons. The fourth-order valence-corrected chi connectivity index (χ4v) is 3.43.